The van der Waals surface area contributed by atoms with Gasteiger partial charge in [0.25, 0.3) is 5.91 Å². The summed E-state index contributed by atoms with van der Waals surface area (Å²) in [5.41, 5.74) is 1.49. The maximum absolute atomic E-state index is 13.3. The number of rotatable bonds is 3. The molecule has 4 aromatic rings. The van der Waals surface area contributed by atoms with E-state index in [0.29, 0.717) is 27.3 Å². The molecular weight excluding hydrogens is 353 g/mol. The van der Waals surface area contributed by atoms with Gasteiger partial charge in [0, 0.05) is 28.0 Å². The fraction of sp³-hybridized carbons (Fsp3) is 0. The van der Waals surface area contributed by atoms with Gasteiger partial charge in [-0.1, -0.05) is 24.3 Å². The minimum absolute atomic E-state index is 0.00575. The molecule has 2 heterocycles. The monoisotopic (exact) mass is 365 g/mol. The predicted molar refractivity (Wildman–Crippen MR) is 100 cm³/mol. The molecule has 0 fully saturated rings. The highest BCUT2D eigenvalue weighted by atomic mass is 32.1. The molecule has 0 aliphatic rings. The SMILES string of the molecule is O=C(Nc1nc(-c2cccc(F)c2)cs1)c1c[nH]c2ccccc2c1=O. The van der Waals surface area contributed by atoms with Crippen LogP contribution in [0.15, 0.2) is 64.9 Å². The van der Waals surface area contributed by atoms with Gasteiger partial charge in [-0.2, -0.15) is 0 Å². The van der Waals surface area contributed by atoms with Crippen LogP contribution in [0.3, 0.4) is 0 Å². The lowest BCUT2D eigenvalue weighted by atomic mass is 10.1. The summed E-state index contributed by atoms with van der Waals surface area (Å²) in [4.78, 5) is 32.2. The molecule has 0 saturated carbocycles. The number of hydrogen-bond acceptors (Lipinski definition) is 4. The molecule has 0 unspecified atom stereocenters. The molecule has 2 N–H and O–H groups in total. The summed E-state index contributed by atoms with van der Waals surface area (Å²) in [7, 11) is 0. The number of nitrogens with one attached hydrogen (secondary N) is 2. The highest BCUT2D eigenvalue weighted by molar-refractivity contribution is 7.14. The third kappa shape index (κ3) is 3.00. The molecule has 2 aromatic carbocycles. The van der Waals surface area contributed by atoms with E-state index in [9.17, 15) is 14.0 Å². The third-order valence-electron chi connectivity index (χ3n) is 3.88. The molecule has 0 aliphatic carbocycles. The van der Waals surface area contributed by atoms with Crippen LogP contribution in [0.4, 0.5) is 9.52 Å². The molecule has 1 amide bonds. The fourth-order valence-corrected chi connectivity index (χ4v) is 3.33. The smallest absolute Gasteiger partial charge is 0.262 e. The number of aromatic amines is 1. The average Bonchev–Trinajstić information content (AvgIpc) is 3.10. The first kappa shape index (κ1) is 16.2. The van der Waals surface area contributed by atoms with Crippen LogP contribution in [0.2, 0.25) is 0 Å². The first-order valence-electron chi connectivity index (χ1n) is 7.75. The zero-order chi connectivity index (χ0) is 18.1. The Labute approximate surface area is 151 Å². The third-order valence-corrected chi connectivity index (χ3v) is 4.64. The van der Waals surface area contributed by atoms with Crippen LogP contribution < -0.4 is 10.7 Å². The van der Waals surface area contributed by atoms with Crippen molar-refractivity contribution >= 4 is 33.3 Å². The van der Waals surface area contributed by atoms with Crippen molar-refractivity contribution in [1.29, 1.82) is 0 Å². The summed E-state index contributed by atoms with van der Waals surface area (Å²) < 4.78 is 13.3. The Morgan fingerprint density at radius 1 is 1.15 bits per heavy atom. The van der Waals surface area contributed by atoms with Crippen molar-refractivity contribution in [3.63, 3.8) is 0 Å². The number of thiazole rings is 1. The molecule has 26 heavy (non-hydrogen) atoms. The van der Waals surface area contributed by atoms with E-state index in [1.165, 1.54) is 29.7 Å². The molecule has 2 aromatic heterocycles. The van der Waals surface area contributed by atoms with Gasteiger partial charge >= 0.3 is 0 Å². The normalized spacial score (nSPS) is 10.8. The van der Waals surface area contributed by atoms with Gasteiger partial charge in [-0.15, -0.1) is 11.3 Å². The Hall–Kier alpha value is -3.32. The van der Waals surface area contributed by atoms with Crippen LogP contribution in [-0.4, -0.2) is 15.9 Å². The number of amides is 1. The summed E-state index contributed by atoms with van der Waals surface area (Å²) >= 11 is 1.20. The quantitative estimate of drug-likeness (QED) is 0.575. The summed E-state index contributed by atoms with van der Waals surface area (Å²) in [6, 6.07) is 13.0. The first-order valence-corrected chi connectivity index (χ1v) is 8.63. The summed E-state index contributed by atoms with van der Waals surface area (Å²) in [5, 5.41) is 5.12. The molecule has 7 heteroatoms. The molecule has 5 nitrogen and oxygen atoms in total. The Bertz CT molecular complexity index is 1180. The van der Waals surface area contributed by atoms with Crippen molar-refractivity contribution in [3.8, 4) is 11.3 Å². The van der Waals surface area contributed by atoms with Gasteiger partial charge in [-0.3, -0.25) is 14.9 Å². The molecular formula is C19H12FN3O2S. The van der Waals surface area contributed by atoms with Crippen LogP contribution in [0, 0.1) is 5.82 Å². The van der Waals surface area contributed by atoms with Gasteiger partial charge < -0.3 is 4.98 Å². The number of H-pyrrole nitrogens is 1. The Kier molecular flexibility index (Phi) is 4.06. The number of nitrogens with zero attached hydrogens (tertiary/aromatic N) is 1. The van der Waals surface area contributed by atoms with Gasteiger partial charge in [0.15, 0.2) is 5.13 Å². The number of carbonyl (C=O) groups is 1. The van der Waals surface area contributed by atoms with Crippen molar-refractivity contribution in [2.45, 2.75) is 0 Å². The van der Waals surface area contributed by atoms with Crippen molar-refractivity contribution in [1.82, 2.24) is 9.97 Å². The number of benzene rings is 2. The van der Waals surface area contributed by atoms with Gasteiger partial charge in [0.2, 0.25) is 5.43 Å². The maximum atomic E-state index is 13.3. The van der Waals surface area contributed by atoms with Crippen molar-refractivity contribution in [2.75, 3.05) is 5.32 Å². The molecule has 0 aliphatic heterocycles. The van der Waals surface area contributed by atoms with E-state index in [4.69, 9.17) is 0 Å². The summed E-state index contributed by atoms with van der Waals surface area (Å²) in [6.45, 7) is 0. The zero-order valence-electron chi connectivity index (χ0n) is 13.3. The standard InChI is InChI=1S/C19H12FN3O2S/c20-12-5-3-4-11(8-12)16-10-26-19(22-16)23-18(25)14-9-21-15-7-2-1-6-13(15)17(14)24/h1-10H,(H,21,24)(H,22,23,25). The Morgan fingerprint density at radius 3 is 2.85 bits per heavy atom. The van der Waals surface area contributed by atoms with E-state index in [0.717, 1.165) is 0 Å². The largest absolute Gasteiger partial charge is 0.360 e. The van der Waals surface area contributed by atoms with Crippen LogP contribution >= 0.6 is 11.3 Å². The van der Waals surface area contributed by atoms with E-state index >= 15 is 0 Å². The van der Waals surface area contributed by atoms with Crippen LogP contribution in [0.25, 0.3) is 22.2 Å². The number of hydrogen-bond donors (Lipinski definition) is 2. The number of halogens is 1. The number of anilines is 1. The minimum atomic E-state index is -0.544. The summed E-state index contributed by atoms with van der Waals surface area (Å²) in [5.74, 6) is -0.902. The highest BCUT2D eigenvalue weighted by Crippen LogP contribution is 2.25. The van der Waals surface area contributed by atoms with Gasteiger partial charge in [0.05, 0.1) is 5.69 Å². The molecule has 128 valence electrons. The van der Waals surface area contributed by atoms with Crippen molar-refractivity contribution < 1.29 is 9.18 Å². The molecule has 0 radical (unpaired) electrons. The maximum Gasteiger partial charge on any atom is 0.262 e. The molecule has 0 spiro atoms. The topological polar surface area (TPSA) is 74.8 Å². The van der Waals surface area contributed by atoms with Gasteiger partial charge in [-0.25, -0.2) is 9.37 Å². The Morgan fingerprint density at radius 2 is 2.00 bits per heavy atom. The van der Waals surface area contributed by atoms with E-state index in [-0.39, 0.29) is 16.8 Å². The molecule has 0 saturated heterocycles. The second kappa shape index (κ2) is 6.53. The van der Waals surface area contributed by atoms with E-state index in [1.807, 2.05) is 6.07 Å². The minimum Gasteiger partial charge on any atom is -0.360 e. The number of para-hydroxylation sites is 1. The lowest BCUT2D eigenvalue weighted by Crippen LogP contribution is -2.21. The lowest BCUT2D eigenvalue weighted by molar-refractivity contribution is 0.102. The van der Waals surface area contributed by atoms with E-state index in [1.54, 1.807) is 35.7 Å². The number of carbonyl (C=O) groups excluding carboxylic acids is 1. The van der Waals surface area contributed by atoms with E-state index < -0.39 is 5.91 Å². The number of pyridine rings is 1. The Balaban J connectivity index is 1.61. The molecule has 4 rings (SSSR count). The van der Waals surface area contributed by atoms with E-state index in [2.05, 4.69) is 15.3 Å². The number of fused-ring (bicyclic) bond motifs is 1. The first-order chi connectivity index (χ1) is 12.6. The zero-order valence-corrected chi connectivity index (χ0v) is 14.1. The second-order valence-corrected chi connectivity index (χ2v) is 6.44. The fourth-order valence-electron chi connectivity index (χ4n) is 2.61. The van der Waals surface area contributed by atoms with Gasteiger partial charge in [0.1, 0.15) is 11.4 Å². The van der Waals surface area contributed by atoms with Crippen molar-refractivity contribution in [3.05, 3.63) is 81.7 Å². The molecule has 0 atom stereocenters. The van der Waals surface area contributed by atoms with Crippen LogP contribution in [0.5, 0.6) is 0 Å². The molecule has 0 bridgehead atoms. The number of aromatic nitrogens is 2. The second-order valence-electron chi connectivity index (χ2n) is 5.58. The predicted octanol–water partition coefficient (Wildman–Crippen LogP) is 4.04. The van der Waals surface area contributed by atoms with Crippen LogP contribution in [0.1, 0.15) is 10.4 Å². The highest BCUT2D eigenvalue weighted by Gasteiger charge is 2.15. The lowest BCUT2D eigenvalue weighted by Gasteiger charge is -2.03. The summed E-state index contributed by atoms with van der Waals surface area (Å²) in [6.07, 6.45) is 1.39. The van der Waals surface area contributed by atoms with Gasteiger partial charge in [-0.05, 0) is 24.3 Å². The van der Waals surface area contributed by atoms with Crippen LogP contribution in [-0.2, 0) is 0 Å². The average molecular weight is 365 g/mol. The van der Waals surface area contributed by atoms with Crippen molar-refractivity contribution in [2.24, 2.45) is 0 Å².